The maximum atomic E-state index is 11.5. The predicted molar refractivity (Wildman–Crippen MR) is 82.6 cm³/mol. The second-order valence-electron chi connectivity index (χ2n) is 4.56. The number of rotatable bonds is 3. The Balaban J connectivity index is 2.05. The summed E-state index contributed by atoms with van der Waals surface area (Å²) >= 11 is 7.54. The van der Waals surface area contributed by atoms with Gasteiger partial charge in [0, 0.05) is 23.7 Å². The van der Waals surface area contributed by atoms with Gasteiger partial charge in [-0.15, -0.1) is 0 Å². The molecule has 0 spiro atoms. The lowest BCUT2D eigenvalue weighted by molar-refractivity contribution is 0.0692. The van der Waals surface area contributed by atoms with Gasteiger partial charge in [-0.05, 0) is 6.07 Å². The number of carboxylic acids is 1. The zero-order valence-corrected chi connectivity index (χ0v) is 12.7. The van der Waals surface area contributed by atoms with Gasteiger partial charge in [0.05, 0.1) is 18.1 Å². The summed E-state index contributed by atoms with van der Waals surface area (Å²) in [4.78, 5) is 18.4. The molecule has 0 amide bonds. The number of thiazole rings is 1. The maximum Gasteiger partial charge on any atom is 0.356 e. The largest absolute Gasteiger partial charge is 0.476 e. The Bertz CT molecular complexity index is 668. The van der Waals surface area contributed by atoms with Crippen LogP contribution in [0.4, 0.5) is 5.13 Å². The van der Waals surface area contributed by atoms with Crippen LogP contribution in [0.25, 0.3) is 10.4 Å². The SMILES string of the molecule is O=C(O)c1nc(N2CCOCC2)sc1-c1ccccc1Cl. The fraction of sp³-hybridized carbons (Fsp3) is 0.286. The Morgan fingerprint density at radius 2 is 2.05 bits per heavy atom. The number of halogens is 1. The molecule has 0 bridgehead atoms. The molecule has 0 radical (unpaired) electrons. The molecule has 1 saturated heterocycles. The van der Waals surface area contributed by atoms with Crippen molar-refractivity contribution in [3.8, 4) is 10.4 Å². The number of hydrogen-bond donors (Lipinski definition) is 1. The van der Waals surface area contributed by atoms with Crippen molar-refractivity contribution < 1.29 is 14.6 Å². The van der Waals surface area contributed by atoms with E-state index in [0.29, 0.717) is 46.9 Å². The van der Waals surface area contributed by atoms with Crippen LogP contribution in [-0.2, 0) is 4.74 Å². The van der Waals surface area contributed by atoms with E-state index in [9.17, 15) is 9.90 Å². The van der Waals surface area contributed by atoms with Crippen molar-refractivity contribution in [2.24, 2.45) is 0 Å². The second kappa shape index (κ2) is 6.01. The van der Waals surface area contributed by atoms with E-state index >= 15 is 0 Å². The number of ether oxygens (including phenoxy) is 1. The van der Waals surface area contributed by atoms with Gasteiger partial charge in [-0.2, -0.15) is 0 Å². The fourth-order valence-corrected chi connectivity index (χ4v) is 3.61. The summed E-state index contributed by atoms with van der Waals surface area (Å²) in [7, 11) is 0. The number of aromatic carboxylic acids is 1. The standard InChI is InChI=1S/C14H13ClN2O3S/c15-10-4-2-1-3-9(10)12-11(13(18)19)16-14(21-12)17-5-7-20-8-6-17/h1-4H,5-8H2,(H,18,19). The molecule has 1 aromatic heterocycles. The molecule has 3 rings (SSSR count). The minimum absolute atomic E-state index is 0.0505. The molecule has 1 N–H and O–H groups in total. The van der Waals surface area contributed by atoms with Crippen molar-refractivity contribution >= 4 is 34.0 Å². The van der Waals surface area contributed by atoms with Gasteiger partial charge in [0.15, 0.2) is 10.8 Å². The summed E-state index contributed by atoms with van der Waals surface area (Å²) < 4.78 is 5.31. The summed E-state index contributed by atoms with van der Waals surface area (Å²) in [6.07, 6.45) is 0. The van der Waals surface area contributed by atoms with Crippen molar-refractivity contribution in [1.82, 2.24) is 4.98 Å². The van der Waals surface area contributed by atoms with Gasteiger partial charge in [0.1, 0.15) is 0 Å². The number of morpholine rings is 1. The van der Waals surface area contributed by atoms with Gasteiger partial charge < -0.3 is 14.7 Å². The average Bonchev–Trinajstić information content (AvgIpc) is 2.94. The van der Waals surface area contributed by atoms with Crippen LogP contribution in [0.1, 0.15) is 10.5 Å². The topological polar surface area (TPSA) is 62.7 Å². The first-order chi connectivity index (χ1) is 10.2. The molecule has 1 fully saturated rings. The Morgan fingerprint density at radius 1 is 1.33 bits per heavy atom. The summed E-state index contributed by atoms with van der Waals surface area (Å²) in [5.41, 5.74) is 0.753. The number of anilines is 1. The van der Waals surface area contributed by atoms with Crippen LogP contribution in [0.2, 0.25) is 5.02 Å². The van der Waals surface area contributed by atoms with Crippen LogP contribution in [0.5, 0.6) is 0 Å². The molecule has 5 nitrogen and oxygen atoms in total. The monoisotopic (exact) mass is 324 g/mol. The van der Waals surface area contributed by atoms with Crippen LogP contribution in [0.3, 0.4) is 0 Å². The van der Waals surface area contributed by atoms with Crippen molar-refractivity contribution in [2.45, 2.75) is 0 Å². The number of carboxylic acid groups (broad SMARTS) is 1. The van der Waals surface area contributed by atoms with Crippen LogP contribution < -0.4 is 4.90 Å². The maximum absolute atomic E-state index is 11.5. The lowest BCUT2D eigenvalue weighted by atomic mass is 10.1. The number of benzene rings is 1. The summed E-state index contributed by atoms with van der Waals surface area (Å²) in [6.45, 7) is 2.69. The molecule has 7 heteroatoms. The third kappa shape index (κ3) is 2.88. The molecule has 21 heavy (non-hydrogen) atoms. The van der Waals surface area contributed by atoms with Crippen LogP contribution in [0, 0.1) is 0 Å². The molecule has 0 unspecified atom stereocenters. The molecular weight excluding hydrogens is 312 g/mol. The van der Waals surface area contributed by atoms with E-state index < -0.39 is 5.97 Å². The Morgan fingerprint density at radius 3 is 2.71 bits per heavy atom. The molecule has 1 aliphatic heterocycles. The quantitative estimate of drug-likeness (QED) is 0.940. The minimum atomic E-state index is -1.04. The summed E-state index contributed by atoms with van der Waals surface area (Å²) in [5, 5.41) is 10.6. The summed E-state index contributed by atoms with van der Waals surface area (Å²) in [5.74, 6) is -1.04. The predicted octanol–water partition coefficient (Wildman–Crippen LogP) is 3.00. The highest BCUT2D eigenvalue weighted by Gasteiger charge is 2.23. The number of aromatic nitrogens is 1. The van der Waals surface area contributed by atoms with Crippen molar-refractivity contribution in [3.63, 3.8) is 0 Å². The first-order valence-corrected chi connectivity index (χ1v) is 7.68. The fourth-order valence-electron chi connectivity index (χ4n) is 2.17. The molecule has 2 heterocycles. The smallest absolute Gasteiger partial charge is 0.356 e. The van der Waals surface area contributed by atoms with Crippen molar-refractivity contribution in [1.29, 1.82) is 0 Å². The Labute approximate surface area is 130 Å². The number of carbonyl (C=O) groups is 1. The van der Waals surface area contributed by atoms with E-state index in [-0.39, 0.29) is 5.69 Å². The summed E-state index contributed by atoms with van der Waals surface area (Å²) in [6, 6.07) is 7.21. The van der Waals surface area contributed by atoms with Crippen LogP contribution >= 0.6 is 22.9 Å². The minimum Gasteiger partial charge on any atom is -0.476 e. The lowest BCUT2D eigenvalue weighted by Crippen LogP contribution is -2.36. The normalized spacial score (nSPS) is 15.2. The van der Waals surface area contributed by atoms with Gasteiger partial charge in [-0.25, -0.2) is 9.78 Å². The van der Waals surface area contributed by atoms with Gasteiger partial charge in [0.2, 0.25) is 0 Å². The third-order valence-corrected chi connectivity index (χ3v) is 4.70. The Kier molecular flexibility index (Phi) is 4.10. The van der Waals surface area contributed by atoms with Crippen molar-refractivity contribution in [3.05, 3.63) is 35.0 Å². The van der Waals surface area contributed by atoms with E-state index in [1.54, 1.807) is 6.07 Å². The molecule has 0 aliphatic carbocycles. The first kappa shape index (κ1) is 14.3. The average molecular weight is 325 g/mol. The van der Waals surface area contributed by atoms with Gasteiger partial charge in [0.25, 0.3) is 0 Å². The number of hydrogen-bond acceptors (Lipinski definition) is 5. The van der Waals surface area contributed by atoms with E-state index in [2.05, 4.69) is 4.98 Å². The van der Waals surface area contributed by atoms with Gasteiger partial charge >= 0.3 is 5.97 Å². The highest BCUT2D eigenvalue weighted by Crippen LogP contribution is 2.38. The molecule has 1 aliphatic rings. The highest BCUT2D eigenvalue weighted by atomic mass is 35.5. The van der Waals surface area contributed by atoms with E-state index in [0.717, 1.165) is 0 Å². The molecular formula is C14H13ClN2O3S. The first-order valence-electron chi connectivity index (χ1n) is 6.48. The molecule has 110 valence electrons. The van der Waals surface area contributed by atoms with Gasteiger partial charge in [-0.3, -0.25) is 0 Å². The van der Waals surface area contributed by atoms with Crippen molar-refractivity contribution in [2.75, 3.05) is 31.2 Å². The van der Waals surface area contributed by atoms with Crippen LogP contribution in [0.15, 0.2) is 24.3 Å². The molecule has 0 saturated carbocycles. The zero-order valence-electron chi connectivity index (χ0n) is 11.1. The lowest BCUT2D eigenvalue weighted by Gasteiger charge is -2.25. The second-order valence-corrected chi connectivity index (χ2v) is 5.94. The van der Waals surface area contributed by atoms with E-state index in [4.69, 9.17) is 16.3 Å². The molecule has 2 aromatic rings. The van der Waals surface area contributed by atoms with Crippen LogP contribution in [-0.4, -0.2) is 42.4 Å². The Hall–Kier alpha value is -1.63. The molecule has 0 atom stereocenters. The highest BCUT2D eigenvalue weighted by molar-refractivity contribution is 7.19. The van der Waals surface area contributed by atoms with Gasteiger partial charge in [-0.1, -0.05) is 41.1 Å². The third-order valence-electron chi connectivity index (χ3n) is 3.22. The molecule has 1 aromatic carbocycles. The van der Waals surface area contributed by atoms with E-state index in [1.807, 2.05) is 23.1 Å². The van der Waals surface area contributed by atoms with E-state index in [1.165, 1.54) is 11.3 Å². The zero-order chi connectivity index (χ0) is 14.8. The number of nitrogens with zero attached hydrogens (tertiary/aromatic N) is 2.